The van der Waals surface area contributed by atoms with E-state index in [1.54, 1.807) is 0 Å². The number of hydrogen-bond donors (Lipinski definition) is 2. The van der Waals surface area contributed by atoms with Crippen molar-refractivity contribution < 1.29 is 18.7 Å². The fourth-order valence-corrected chi connectivity index (χ4v) is 0.726. The number of phenols is 1. The minimum absolute atomic E-state index is 0.398. The molecule has 0 aliphatic carbocycles. The Morgan fingerprint density at radius 2 is 1.92 bits per heavy atom. The van der Waals surface area contributed by atoms with Crippen LogP contribution in [-0.2, 0) is 0 Å². The van der Waals surface area contributed by atoms with E-state index in [0.29, 0.717) is 12.1 Å². The van der Waals surface area contributed by atoms with E-state index in [1.807, 2.05) is 0 Å². The third-order valence-electron chi connectivity index (χ3n) is 1.30. The van der Waals surface area contributed by atoms with E-state index in [9.17, 15) is 13.6 Å². The molecule has 12 heavy (non-hydrogen) atoms. The molecule has 1 amide bonds. The van der Waals surface area contributed by atoms with Crippen molar-refractivity contribution in [2.24, 2.45) is 5.73 Å². The summed E-state index contributed by atoms with van der Waals surface area (Å²) in [6.07, 6.45) is 0. The smallest absolute Gasteiger partial charge is 0.251 e. The molecule has 3 nitrogen and oxygen atoms in total. The fourth-order valence-electron chi connectivity index (χ4n) is 0.726. The van der Waals surface area contributed by atoms with Crippen molar-refractivity contribution in [2.45, 2.75) is 0 Å². The van der Waals surface area contributed by atoms with Crippen LogP contribution >= 0.6 is 0 Å². The summed E-state index contributed by atoms with van der Waals surface area (Å²) in [6.45, 7) is 0. The number of rotatable bonds is 1. The van der Waals surface area contributed by atoms with Gasteiger partial charge in [0.15, 0.2) is 11.6 Å². The van der Waals surface area contributed by atoms with Crippen molar-refractivity contribution in [1.29, 1.82) is 0 Å². The number of primary amides is 1. The largest absolute Gasteiger partial charge is 0.505 e. The van der Waals surface area contributed by atoms with E-state index < -0.39 is 28.9 Å². The summed E-state index contributed by atoms with van der Waals surface area (Å²) in [5.41, 5.74) is 4.19. The van der Waals surface area contributed by atoms with Gasteiger partial charge in [-0.05, 0) is 6.07 Å². The van der Waals surface area contributed by atoms with Crippen LogP contribution in [0.2, 0.25) is 0 Å². The van der Waals surface area contributed by atoms with Gasteiger partial charge in [0.1, 0.15) is 5.82 Å². The molecular formula is C7H5F2NO2. The molecule has 0 heterocycles. The Labute approximate surface area is 66.4 Å². The average molecular weight is 173 g/mol. The first-order valence-electron chi connectivity index (χ1n) is 3.00. The van der Waals surface area contributed by atoms with Gasteiger partial charge in [0.2, 0.25) is 0 Å². The summed E-state index contributed by atoms with van der Waals surface area (Å²) < 4.78 is 25.0. The molecule has 1 rings (SSSR count). The number of amides is 1. The van der Waals surface area contributed by atoms with Crippen LogP contribution in [0.1, 0.15) is 10.4 Å². The first kappa shape index (κ1) is 8.45. The zero-order chi connectivity index (χ0) is 9.30. The second-order valence-corrected chi connectivity index (χ2v) is 2.15. The quantitative estimate of drug-likeness (QED) is 0.658. The molecule has 0 spiro atoms. The van der Waals surface area contributed by atoms with Gasteiger partial charge in [0, 0.05) is 6.07 Å². The first-order valence-corrected chi connectivity index (χ1v) is 3.00. The lowest BCUT2D eigenvalue weighted by molar-refractivity contribution is 0.0996. The SMILES string of the molecule is NC(=O)c1cc(O)c(F)cc1F. The predicted octanol–water partition coefficient (Wildman–Crippen LogP) is 0.769. The Bertz CT molecular complexity index is 338. The number of nitrogens with two attached hydrogens (primary N) is 1. The number of carbonyl (C=O) groups is 1. The molecule has 0 saturated heterocycles. The molecule has 1 aromatic carbocycles. The molecule has 0 saturated carbocycles. The molecule has 0 aromatic heterocycles. The molecule has 5 heteroatoms. The fraction of sp³-hybridized carbons (Fsp3) is 0. The highest BCUT2D eigenvalue weighted by atomic mass is 19.1. The zero-order valence-electron chi connectivity index (χ0n) is 5.84. The van der Waals surface area contributed by atoms with Crippen molar-refractivity contribution in [3.63, 3.8) is 0 Å². The molecule has 0 unspecified atom stereocenters. The van der Waals surface area contributed by atoms with E-state index in [1.165, 1.54) is 0 Å². The van der Waals surface area contributed by atoms with Gasteiger partial charge in [-0.1, -0.05) is 0 Å². The molecule has 1 aromatic rings. The van der Waals surface area contributed by atoms with Crippen molar-refractivity contribution in [3.05, 3.63) is 29.3 Å². The van der Waals surface area contributed by atoms with Gasteiger partial charge in [0.25, 0.3) is 5.91 Å². The molecule has 64 valence electrons. The number of benzene rings is 1. The maximum absolute atomic E-state index is 12.6. The first-order chi connectivity index (χ1) is 5.52. The lowest BCUT2D eigenvalue weighted by atomic mass is 10.2. The predicted molar refractivity (Wildman–Crippen MR) is 36.5 cm³/mol. The molecule has 0 radical (unpaired) electrons. The maximum Gasteiger partial charge on any atom is 0.251 e. The van der Waals surface area contributed by atoms with Crippen LogP contribution in [0.15, 0.2) is 12.1 Å². The number of phenolic OH excluding ortho intramolecular Hbond substituents is 1. The Hall–Kier alpha value is -1.65. The van der Waals surface area contributed by atoms with Crippen LogP contribution in [0.5, 0.6) is 5.75 Å². The van der Waals surface area contributed by atoms with Crippen molar-refractivity contribution in [2.75, 3.05) is 0 Å². The van der Waals surface area contributed by atoms with E-state index in [0.717, 1.165) is 0 Å². The normalized spacial score (nSPS) is 9.83. The molecule has 0 atom stereocenters. The maximum atomic E-state index is 12.6. The second-order valence-electron chi connectivity index (χ2n) is 2.15. The highest BCUT2D eigenvalue weighted by molar-refractivity contribution is 5.93. The standard InChI is InChI=1S/C7H5F2NO2/c8-4-2-5(9)6(11)1-3(4)7(10)12/h1-2,11H,(H2,10,12). The van der Waals surface area contributed by atoms with E-state index >= 15 is 0 Å². The molecular weight excluding hydrogens is 168 g/mol. The molecule has 3 N–H and O–H groups in total. The summed E-state index contributed by atoms with van der Waals surface area (Å²) in [5.74, 6) is -4.07. The molecule has 0 aliphatic rings. The zero-order valence-corrected chi connectivity index (χ0v) is 5.84. The topological polar surface area (TPSA) is 63.3 Å². The van der Waals surface area contributed by atoms with Crippen LogP contribution in [0, 0.1) is 11.6 Å². The third kappa shape index (κ3) is 1.34. The summed E-state index contributed by atoms with van der Waals surface area (Å²) in [6, 6.07) is 1.04. The summed E-state index contributed by atoms with van der Waals surface area (Å²) >= 11 is 0. The Kier molecular flexibility index (Phi) is 1.95. The van der Waals surface area contributed by atoms with Crippen LogP contribution in [-0.4, -0.2) is 11.0 Å². The summed E-state index contributed by atoms with van der Waals surface area (Å²) in [4.78, 5) is 10.4. The van der Waals surface area contributed by atoms with Gasteiger partial charge < -0.3 is 10.8 Å². The van der Waals surface area contributed by atoms with Gasteiger partial charge in [-0.3, -0.25) is 4.79 Å². The van der Waals surface area contributed by atoms with E-state index in [2.05, 4.69) is 0 Å². The van der Waals surface area contributed by atoms with E-state index in [-0.39, 0.29) is 0 Å². The van der Waals surface area contributed by atoms with Crippen LogP contribution < -0.4 is 5.73 Å². The summed E-state index contributed by atoms with van der Waals surface area (Å²) in [5, 5.41) is 8.72. The Balaban J connectivity index is 3.33. The van der Waals surface area contributed by atoms with Gasteiger partial charge >= 0.3 is 0 Å². The Morgan fingerprint density at radius 3 is 2.42 bits per heavy atom. The van der Waals surface area contributed by atoms with Crippen LogP contribution in [0.3, 0.4) is 0 Å². The van der Waals surface area contributed by atoms with Gasteiger partial charge in [-0.15, -0.1) is 0 Å². The van der Waals surface area contributed by atoms with Crippen molar-refractivity contribution in [1.82, 2.24) is 0 Å². The average Bonchev–Trinajstić information content (AvgIpc) is 1.96. The van der Waals surface area contributed by atoms with Gasteiger partial charge in [-0.2, -0.15) is 0 Å². The van der Waals surface area contributed by atoms with Crippen LogP contribution in [0.25, 0.3) is 0 Å². The minimum Gasteiger partial charge on any atom is -0.505 e. The molecule has 0 fully saturated rings. The van der Waals surface area contributed by atoms with E-state index in [4.69, 9.17) is 10.8 Å². The summed E-state index contributed by atoms with van der Waals surface area (Å²) in [7, 11) is 0. The monoisotopic (exact) mass is 173 g/mol. The lowest BCUT2D eigenvalue weighted by Gasteiger charge is -1.99. The molecule has 0 bridgehead atoms. The number of halogens is 2. The van der Waals surface area contributed by atoms with Crippen molar-refractivity contribution in [3.8, 4) is 5.75 Å². The number of aromatic hydroxyl groups is 1. The minimum atomic E-state index is -1.13. The Morgan fingerprint density at radius 1 is 1.33 bits per heavy atom. The highest BCUT2D eigenvalue weighted by Crippen LogP contribution is 2.19. The lowest BCUT2D eigenvalue weighted by Crippen LogP contribution is -2.13. The van der Waals surface area contributed by atoms with Gasteiger partial charge in [0.05, 0.1) is 5.56 Å². The highest BCUT2D eigenvalue weighted by Gasteiger charge is 2.12. The second kappa shape index (κ2) is 2.77. The van der Waals surface area contributed by atoms with Crippen LogP contribution in [0.4, 0.5) is 8.78 Å². The van der Waals surface area contributed by atoms with Crippen molar-refractivity contribution >= 4 is 5.91 Å². The molecule has 0 aliphatic heterocycles. The third-order valence-corrected chi connectivity index (χ3v) is 1.30. The number of hydrogen-bond acceptors (Lipinski definition) is 2. The number of carbonyl (C=O) groups excluding carboxylic acids is 1. The van der Waals surface area contributed by atoms with Gasteiger partial charge in [-0.25, -0.2) is 8.78 Å².